The largest absolute Gasteiger partial charge is 0.465 e. The summed E-state index contributed by atoms with van der Waals surface area (Å²) in [5.74, 6) is -0.372. The lowest BCUT2D eigenvalue weighted by molar-refractivity contribution is 0.0502. The van der Waals surface area contributed by atoms with E-state index in [2.05, 4.69) is 5.32 Å². The molecule has 0 saturated carbocycles. The van der Waals surface area contributed by atoms with E-state index < -0.39 is 11.7 Å². The smallest absolute Gasteiger partial charge is 0.408 e. The molecule has 5 heteroatoms. The molecule has 2 aromatic carbocycles. The van der Waals surface area contributed by atoms with Crippen molar-refractivity contribution < 1.29 is 19.1 Å². The van der Waals surface area contributed by atoms with Crippen LogP contribution in [0.1, 0.15) is 48.3 Å². The van der Waals surface area contributed by atoms with Gasteiger partial charge in [-0.3, -0.25) is 0 Å². The van der Waals surface area contributed by atoms with Gasteiger partial charge in [-0.15, -0.1) is 0 Å². The Morgan fingerprint density at radius 1 is 1.00 bits per heavy atom. The van der Waals surface area contributed by atoms with Crippen LogP contribution in [0, 0.1) is 0 Å². The Bertz CT molecular complexity index is 733. The number of carbonyl (C=O) groups excluding carboxylic acids is 2. The minimum absolute atomic E-state index is 0.241. The van der Waals surface area contributed by atoms with Crippen molar-refractivity contribution in [3.05, 3.63) is 71.3 Å². The van der Waals surface area contributed by atoms with E-state index in [0.717, 1.165) is 11.1 Å². The second-order valence-electron chi connectivity index (χ2n) is 7.00. The number of hydrogen-bond acceptors (Lipinski definition) is 4. The Morgan fingerprint density at radius 3 is 2.15 bits per heavy atom. The fourth-order valence-corrected chi connectivity index (χ4v) is 2.52. The highest BCUT2D eigenvalue weighted by Crippen LogP contribution is 2.20. The second-order valence-corrected chi connectivity index (χ2v) is 7.00. The number of alkyl carbamates (subject to hydrolysis) is 1. The molecule has 1 amide bonds. The quantitative estimate of drug-likeness (QED) is 0.813. The number of rotatable bonds is 5. The number of methoxy groups -OCH3 is 1. The standard InChI is InChI=1S/C21H25NO4/c1-21(2,3)26-20(24)22-18(16-8-6-5-7-9-16)14-15-10-12-17(13-11-15)19(23)25-4/h5-13,18H,14H2,1-4H3,(H,22,24). The molecule has 0 aliphatic carbocycles. The summed E-state index contributed by atoms with van der Waals surface area (Å²) in [7, 11) is 1.35. The fourth-order valence-electron chi connectivity index (χ4n) is 2.52. The molecule has 1 N–H and O–H groups in total. The summed E-state index contributed by atoms with van der Waals surface area (Å²) < 4.78 is 10.1. The van der Waals surface area contributed by atoms with Gasteiger partial charge < -0.3 is 14.8 Å². The summed E-state index contributed by atoms with van der Waals surface area (Å²) in [6.07, 6.45) is 0.113. The van der Waals surface area contributed by atoms with Crippen LogP contribution in [-0.4, -0.2) is 24.8 Å². The van der Waals surface area contributed by atoms with Crippen molar-refractivity contribution in [1.29, 1.82) is 0 Å². The maximum Gasteiger partial charge on any atom is 0.408 e. The van der Waals surface area contributed by atoms with Gasteiger partial charge in [0.25, 0.3) is 0 Å². The zero-order valence-corrected chi connectivity index (χ0v) is 15.6. The molecule has 0 fully saturated rings. The van der Waals surface area contributed by atoms with E-state index in [1.807, 2.05) is 63.2 Å². The summed E-state index contributed by atoms with van der Waals surface area (Å²) in [4.78, 5) is 23.8. The van der Waals surface area contributed by atoms with Gasteiger partial charge in [-0.05, 0) is 50.5 Å². The van der Waals surface area contributed by atoms with Gasteiger partial charge in [0, 0.05) is 0 Å². The molecular formula is C21H25NO4. The number of amides is 1. The molecule has 0 radical (unpaired) electrons. The van der Waals surface area contributed by atoms with Gasteiger partial charge in [0.2, 0.25) is 0 Å². The minimum atomic E-state index is -0.562. The molecule has 2 aromatic rings. The minimum Gasteiger partial charge on any atom is -0.465 e. The molecule has 0 aliphatic rings. The zero-order valence-electron chi connectivity index (χ0n) is 15.6. The Hall–Kier alpha value is -2.82. The van der Waals surface area contributed by atoms with Crippen molar-refractivity contribution in [2.75, 3.05) is 7.11 Å². The Morgan fingerprint density at radius 2 is 1.62 bits per heavy atom. The highest BCUT2D eigenvalue weighted by Gasteiger charge is 2.21. The first-order valence-corrected chi connectivity index (χ1v) is 8.50. The summed E-state index contributed by atoms with van der Waals surface area (Å²) in [6.45, 7) is 5.49. The highest BCUT2D eigenvalue weighted by molar-refractivity contribution is 5.89. The number of hydrogen-bond donors (Lipinski definition) is 1. The second kappa shape index (κ2) is 8.52. The van der Waals surface area contributed by atoms with Crippen molar-refractivity contribution in [2.24, 2.45) is 0 Å². The van der Waals surface area contributed by atoms with Crippen molar-refractivity contribution in [3.8, 4) is 0 Å². The van der Waals surface area contributed by atoms with Crippen LogP contribution in [0.5, 0.6) is 0 Å². The lowest BCUT2D eigenvalue weighted by Gasteiger charge is -2.24. The number of nitrogens with one attached hydrogen (secondary N) is 1. The predicted molar refractivity (Wildman–Crippen MR) is 100 cm³/mol. The number of carbonyl (C=O) groups is 2. The average Bonchev–Trinajstić information content (AvgIpc) is 2.60. The monoisotopic (exact) mass is 355 g/mol. The van der Waals surface area contributed by atoms with Crippen LogP contribution in [0.25, 0.3) is 0 Å². The third-order valence-electron chi connectivity index (χ3n) is 3.71. The van der Waals surface area contributed by atoms with E-state index in [1.54, 1.807) is 12.1 Å². The summed E-state index contributed by atoms with van der Waals surface area (Å²) in [5.41, 5.74) is 1.90. The number of esters is 1. The van der Waals surface area contributed by atoms with Gasteiger partial charge in [0.05, 0.1) is 18.7 Å². The molecule has 2 rings (SSSR count). The van der Waals surface area contributed by atoms with Crippen LogP contribution in [0.15, 0.2) is 54.6 Å². The van der Waals surface area contributed by atoms with Crippen molar-refractivity contribution in [1.82, 2.24) is 5.32 Å². The maximum absolute atomic E-state index is 12.2. The van der Waals surface area contributed by atoms with E-state index in [1.165, 1.54) is 7.11 Å². The maximum atomic E-state index is 12.2. The Labute approximate surface area is 154 Å². The molecule has 0 heterocycles. The SMILES string of the molecule is COC(=O)c1ccc(CC(NC(=O)OC(C)(C)C)c2ccccc2)cc1. The van der Waals surface area contributed by atoms with E-state index in [4.69, 9.17) is 9.47 Å². The summed E-state index contributed by atoms with van der Waals surface area (Å²) in [5, 5.41) is 2.93. The molecule has 0 aromatic heterocycles. The normalized spacial score (nSPS) is 12.2. The summed E-state index contributed by atoms with van der Waals surface area (Å²) >= 11 is 0. The van der Waals surface area contributed by atoms with Crippen LogP contribution >= 0.6 is 0 Å². The highest BCUT2D eigenvalue weighted by atomic mass is 16.6. The third kappa shape index (κ3) is 5.92. The van der Waals surface area contributed by atoms with Crippen LogP contribution in [-0.2, 0) is 15.9 Å². The van der Waals surface area contributed by atoms with Crippen molar-refractivity contribution in [2.45, 2.75) is 38.8 Å². The first kappa shape index (κ1) is 19.5. The van der Waals surface area contributed by atoms with Gasteiger partial charge in [-0.2, -0.15) is 0 Å². The van der Waals surface area contributed by atoms with Gasteiger partial charge in [-0.25, -0.2) is 9.59 Å². The fraction of sp³-hybridized carbons (Fsp3) is 0.333. The van der Waals surface area contributed by atoms with E-state index in [-0.39, 0.29) is 12.0 Å². The lowest BCUT2D eigenvalue weighted by Crippen LogP contribution is -2.35. The molecular weight excluding hydrogens is 330 g/mol. The van der Waals surface area contributed by atoms with Gasteiger partial charge in [0.1, 0.15) is 5.60 Å². The van der Waals surface area contributed by atoms with Gasteiger partial charge in [-0.1, -0.05) is 42.5 Å². The zero-order chi connectivity index (χ0) is 19.2. The summed E-state index contributed by atoms with van der Waals surface area (Å²) in [6, 6.07) is 16.6. The van der Waals surface area contributed by atoms with E-state index >= 15 is 0 Å². The predicted octanol–water partition coefficient (Wildman–Crippen LogP) is 4.28. The molecule has 0 aliphatic heterocycles. The van der Waals surface area contributed by atoms with Crippen LogP contribution < -0.4 is 5.32 Å². The first-order valence-electron chi connectivity index (χ1n) is 8.50. The Balaban J connectivity index is 2.16. The molecule has 1 atom stereocenters. The van der Waals surface area contributed by atoms with E-state index in [9.17, 15) is 9.59 Å². The van der Waals surface area contributed by atoms with Gasteiger partial charge >= 0.3 is 12.1 Å². The Kier molecular flexibility index (Phi) is 6.39. The molecule has 0 bridgehead atoms. The molecule has 1 unspecified atom stereocenters. The van der Waals surface area contributed by atoms with Crippen LogP contribution in [0.2, 0.25) is 0 Å². The molecule has 0 spiro atoms. The van der Waals surface area contributed by atoms with Crippen molar-refractivity contribution >= 4 is 12.1 Å². The molecule has 5 nitrogen and oxygen atoms in total. The first-order chi connectivity index (χ1) is 12.3. The molecule has 138 valence electrons. The van der Waals surface area contributed by atoms with Gasteiger partial charge in [0.15, 0.2) is 0 Å². The van der Waals surface area contributed by atoms with Crippen molar-refractivity contribution in [3.63, 3.8) is 0 Å². The molecule has 0 saturated heterocycles. The third-order valence-corrected chi connectivity index (χ3v) is 3.71. The average molecular weight is 355 g/mol. The van der Waals surface area contributed by atoms with Crippen LogP contribution in [0.4, 0.5) is 4.79 Å². The molecule has 26 heavy (non-hydrogen) atoms. The number of benzene rings is 2. The number of ether oxygens (including phenoxy) is 2. The lowest BCUT2D eigenvalue weighted by atomic mass is 9.98. The van der Waals surface area contributed by atoms with Crippen LogP contribution in [0.3, 0.4) is 0 Å². The van der Waals surface area contributed by atoms with E-state index in [0.29, 0.717) is 12.0 Å². The topological polar surface area (TPSA) is 64.6 Å².